The first-order valence-electron chi connectivity index (χ1n) is 6.99. The van der Waals surface area contributed by atoms with Crippen LogP contribution in [0.15, 0.2) is 48.5 Å². The fourth-order valence-electron chi connectivity index (χ4n) is 2.16. The SMILES string of the molecule is O=C(NCc1nc2ccccc2s1)Nc1ccccc1C(F)(F)F. The van der Waals surface area contributed by atoms with Crippen LogP contribution in [0, 0.1) is 0 Å². The largest absolute Gasteiger partial charge is 0.418 e. The zero-order valence-electron chi connectivity index (χ0n) is 12.2. The predicted molar refractivity (Wildman–Crippen MR) is 86.9 cm³/mol. The van der Waals surface area contributed by atoms with Crippen molar-refractivity contribution in [3.05, 3.63) is 59.1 Å². The minimum absolute atomic E-state index is 0.138. The second-order valence-electron chi connectivity index (χ2n) is 4.93. The Labute approximate surface area is 139 Å². The molecule has 2 aromatic carbocycles. The van der Waals surface area contributed by atoms with Gasteiger partial charge in [-0.25, -0.2) is 9.78 Å². The molecular formula is C16H12F3N3OS. The number of hydrogen-bond donors (Lipinski definition) is 2. The Kier molecular flexibility index (Phi) is 4.39. The molecule has 1 heterocycles. The number of fused-ring (bicyclic) bond motifs is 1. The summed E-state index contributed by atoms with van der Waals surface area (Å²) in [6.07, 6.45) is -4.53. The van der Waals surface area contributed by atoms with Crippen LogP contribution < -0.4 is 10.6 Å². The van der Waals surface area contributed by atoms with Crippen molar-refractivity contribution in [1.82, 2.24) is 10.3 Å². The van der Waals surface area contributed by atoms with Gasteiger partial charge in [-0.15, -0.1) is 11.3 Å². The van der Waals surface area contributed by atoms with Gasteiger partial charge in [0.15, 0.2) is 0 Å². The number of aromatic nitrogens is 1. The third-order valence-electron chi connectivity index (χ3n) is 3.22. The van der Waals surface area contributed by atoms with Crippen LogP contribution >= 0.6 is 11.3 Å². The number of hydrogen-bond acceptors (Lipinski definition) is 3. The van der Waals surface area contributed by atoms with Gasteiger partial charge in [0.25, 0.3) is 0 Å². The van der Waals surface area contributed by atoms with E-state index in [2.05, 4.69) is 15.6 Å². The molecule has 24 heavy (non-hydrogen) atoms. The average molecular weight is 351 g/mol. The quantitative estimate of drug-likeness (QED) is 0.722. The number of nitrogens with one attached hydrogen (secondary N) is 2. The molecule has 3 aromatic rings. The Hall–Kier alpha value is -2.61. The minimum atomic E-state index is -4.53. The van der Waals surface area contributed by atoms with Gasteiger partial charge in [-0.05, 0) is 24.3 Å². The van der Waals surface area contributed by atoms with E-state index in [1.54, 1.807) is 0 Å². The summed E-state index contributed by atoms with van der Waals surface area (Å²) in [6, 6.07) is 11.6. The Morgan fingerprint density at radius 3 is 2.54 bits per heavy atom. The van der Waals surface area contributed by atoms with Gasteiger partial charge in [0.05, 0.1) is 28.0 Å². The number of urea groups is 1. The molecule has 0 radical (unpaired) electrons. The average Bonchev–Trinajstić information content (AvgIpc) is 2.95. The molecule has 0 unspecified atom stereocenters. The maximum atomic E-state index is 12.9. The molecule has 0 aliphatic rings. The van der Waals surface area contributed by atoms with Gasteiger partial charge >= 0.3 is 12.2 Å². The molecule has 3 rings (SSSR count). The highest BCUT2D eigenvalue weighted by molar-refractivity contribution is 7.18. The smallest absolute Gasteiger partial charge is 0.331 e. The molecule has 8 heteroatoms. The summed E-state index contributed by atoms with van der Waals surface area (Å²) in [5.41, 5.74) is -0.353. The fourth-order valence-corrected chi connectivity index (χ4v) is 3.06. The monoisotopic (exact) mass is 351 g/mol. The summed E-state index contributed by atoms with van der Waals surface area (Å²) < 4.78 is 39.6. The number of halogens is 3. The topological polar surface area (TPSA) is 54.0 Å². The molecule has 4 nitrogen and oxygen atoms in total. The van der Waals surface area contributed by atoms with Gasteiger partial charge in [0, 0.05) is 0 Å². The molecule has 2 amide bonds. The van der Waals surface area contributed by atoms with Crippen molar-refractivity contribution >= 4 is 33.3 Å². The first-order valence-corrected chi connectivity index (χ1v) is 7.80. The summed E-state index contributed by atoms with van der Waals surface area (Å²) in [5.74, 6) is 0. The molecule has 1 aromatic heterocycles. The molecule has 0 aliphatic heterocycles. The molecular weight excluding hydrogens is 339 g/mol. The van der Waals surface area contributed by atoms with Crippen molar-refractivity contribution < 1.29 is 18.0 Å². The number of anilines is 1. The Morgan fingerprint density at radius 1 is 1.08 bits per heavy atom. The van der Waals surface area contributed by atoms with Gasteiger partial charge in [-0.3, -0.25) is 0 Å². The molecule has 0 fully saturated rings. The number of nitrogens with zero attached hydrogens (tertiary/aromatic N) is 1. The van der Waals surface area contributed by atoms with E-state index >= 15 is 0 Å². The maximum absolute atomic E-state index is 12.9. The highest BCUT2D eigenvalue weighted by Crippen LogP contribution is 2.34. The molecule has 0 saturated heterocycles. The molecule has 0 bridgehead atoms. The lowest BCUT2D eigenvalue weighted by Crippen LogP contribution is -2.29. The number of benzene rings is 2. The minimum Gasteiger partial charge on any atom is -0.331 e. The number of carbonyl (C=O) groups is 1. The van der Waals surface area contributed by atoms with E-state index < -0.39 is 17.8 Å². The number of carbonyl (C=O) groups excluding carboxylic acids is 1. The van der Waals surface area contributed by atoms with Crippen LogP contribution in [0.25, 0.3) is 10.2 Å². The van der Waals surface area contributed by atoms with Gasteiger partial charge in [-0.1, -0.05) is 24.3 Å². The van der Waals surface area contributed by atoms with Crippen LogP contribution in [0.4, 0.5) is 23.7 Å². The van der Waals surface area contributed by atoms with E-state index in [0.29, 0.717) is 5.01 Å². The highest BCUT2D eigenvalue weighted by Gasteiger charge is 2.33. The third kappa shape index (κ3) is 3.65. The van der Waals surface area contributed by atoms with Crippen molar-refractivity contribution in [2.75, 3.05) is 5.32 Å². The summed E-state index contributed by atoms with van der Waals surface area (Å²) in [7, 11) is 0. The number of alkyl halides is 3. The predicted octanol–water partition coefficient (Wildman–Crippen LogP) is 4.64. The van der Waals surface area contributed by atoms with Crippen molar-refractivity contribution in [2.24, 2.45) is 0 Å². The van der Waals surface area contributed by atoms with E-state index in [0.717, 1.165) is 16.3 Å². The fraction of sp³-hybridized carbons (Fsp3) is 0.125. The van der Waals surface area contributed by atoms with Gasteiger partial charge in [-0.2, -0.15) is 13.2 Å². The summed E-state index contributed by atoms with van der Waals surface area (Å²) in [6.45, 7) is 0.138. The lowest BCUT2D eigenvalue weighted by Gasteiger charge is -2.13. The van der Waals surface area contributed by atoms with Crippen molar-refractivity contribution in [1.29, 1.82) is 0 Å². The number of rotatable bonds is 3. The molecule has 0 saturated carbocycles. The van der Waals surface area contributed by atoms with Gasteiger partial charge in [0.2, 0.25) is 0 Å². The maximum Gasteiger partial charge on any atom is 0.418 e. The second kappa shape index (κ2) is 6.48. The molecule has 2 N–H and O–H groups in total. The normalized spacial score (nSPS) is 11.5. The molecule has 0 atom stereocenters. The van der Waals surface area contributed by atoms with Crippen LogP contribution in [0.5, 0.6) is 0 Å². The zero-order chi connectivity index (χ0) is 17.2. The second-order valence-corrected chi connectivity index (χ2v) is 6.04. The first-order chi connectivity index (χ1) is 11.4. The van der Waals surface area contributed by atoms with Crippen LogP contribution in [-0.2, 0) is 12.7 Å². The Morgan fingerprint density at radius 2 is 1.79 bits per heavy atom. The van der Waals surface area contributed by atoms with Crippen LogP contribution in [0.3, 0.4) is 0 Å². The van der Waals surface area contributed by atoms with Crippen LogP contribution in [0.2, 0.25) is 0 Å². The standard InChI is InChI=1S/C16H12F3N3OS/c17-16(18,19)10-5-1-2-6-11(10)22-15(23)20-9-14-21-12-7-3-4-8-13(12)24-14/h1-8H,9H2,(H2,20,22,23). The zero-order valence-corrected chi connectivity index (χ0v) is 13.0. The van der Waals surface area contributed by atoms with E-state index in [4.69, 9.17) is 0 Å². The number of para-hydroxylation sites is 2. The van der Waals surface area contributed by atoms with Crippen LogP contribution in [-0.4, -0.2) is 11.0 Å². The van der Waals surface area contributed by atoms with E-state index in [-0.39, 0.29) is 12.2 Å². The third-order valence-corrected chi connectivity index (χ3v) is 4.26. The molecule has 0 spiro atoms. The summed E-state index contributed by atoms with van der Waals surface area (Å²) >= 11 is 1.42. The highest BCUT2D eigenvalue weighted by atomic mass is 32.1. The van der Waals surface area contributed by atoms with E-state index in [1.807, 2.05) is 24.3 Å². The Balaban J connectivity index is 1.66. The lowest BCUT2D eigenvalue weighted by atomic mass is 10.1. The van der Waals surface area contributed by atoms with Crippen molar-refractivity contribution in [3.63, 3.8) is 0 Å². The summed E-state index contributed by atoms with van der Waals surface area (Å²) in [4.78, 5) is 16.2. The van der Waals surface area contributed by atoms with E-state index in [9.17, 15) is 18.0 Å². The molecule has 0 aliphatic carbocycles. The number of amides is 2. The molecule has 124 valence electrons. The lowest BCUT2D eigenvalue weighted by molar-refractivity contribution is -0.136. The summed E-state index contributed by atoms with van der Waals surface area (Å²) in [5, 5.41) is 5.42. The van der Waals surface area contributed by atoms with Gasteiger partial charge in [0.1, 0.15) is 5.01 Å². The Bertz CT molecular complexity index is 843. The van der Waals surface area contributed by atoms with Crippen molar-refractivity contribution in [3.8, 4) is 0 Å². The van der Waals surface area contributed by atoms with Gasteiger partial charge < -0.3 is 10.6 Å². The number of thiazole rings is 1. The van der Waals surface area contributed by atoms with Crippen LogP contribution in [0.1, 0.15) is 10.6 Å². The van der Waals surface area contributed by atoms with E-state index in [1.165, 1.54) is 29.5 Å². The first kappa shape index (κ1) is 16.3. The van der Waals surface area contributed by atoms with Crippen molar-refractivity contribution in [2.45, 2.75) is 12.7 Å².